The summed E-state index contributed by atoms with van der Waals surface area (Å²) in [6.45, 7) is 0. The highest BCUT2D eigenvalue weighted by atomic mass is 32.1. The lowest BCUT2D eigenvalue weighted by Gasteiger charge is -2.03. The van der Waals surface area contributed by atoms with Crippen LogP contribution in [-0.4, -0.2) is 0 Å². The summed E-state index contributed by atoms with van der Waals surface area (Å²) in [5.74, 6) is 0. The first-order valence-corrected chi connectivity index (χ1v) is 13.1. The third-order valence-corrected chi connectivity index (χ3v) is 9.24. The van der Waals surface area contributed by atoms with Gasteiger partial charge in [-0.3, -0.25) is 0 Å². The highest BCUT2D eigenvalue weighted by molar-refractivity contribution is 7.26. The summed E-state index contributed by atoms with van der Waals surface area (Å²) in [7, 11) is 0. The number of thiophene rings is 2. The van der Waals surface area contributed by atoms with Gasteiger partial charge in [-0.05, 0) is 69.1 Å². The Hall–Kier alpha value is -3.72. The molecule has 8 aromatic rings. The Balaban J connectivity index is 1.30. The molecule has 2 aromatic heterocycles. The van der Waals surface area contributed by atoms with E-state index in [0.29, 0.717) is 0 Å². The first-order chi connectivity index (χ1) is 16.8. The van der Waals surface area contributed by atoms with Crippen molar-refractivity contribution in [1.29, 1.82) is 0 Å². The molecule has 158 valence electrons. The molecule has 0 N–H and O–H groups in total. The van der Waals surface area contributed by atoms with Gasteiger partial charge < -0.3 is 0 Å². The number of hydrogen-bond acceptors (Lipinski definition) is 2. The Kier molecular flexibility index (Phi) is 3.79. The number of benzene rings is 6. The second-order valence-electron chi connectivity index (χ2n) is 9.02. The molecule has 0 aliphatic heterocycles. The molecule has 0 bridgehead atoms. The molecule has 0 fully saturated rings. The summed E-state index contributed by atoms with van der Waals surface area (Å²) in [6.07, 6.45) is 0. The van der Waals surface area contributed by atoms with Crippen molar-refractivity contribution in [3.05, 3.63) is 109 Å². The minimum atomic E-state index is 1.29. The van der Waals surface area contributed by atoms with Crippen molar-refractivity contribution in [2.45, 2.75) is 0 Å². The number of hydrogen-bond donors (Lipinski definition) is 0. The van der Waals surface area contributed by atoms with E-state index in [0.717, 1.165) is 0 Å². The average molecular weight is 467 g/mol. The van der Waals surface area contributed by atoms with Crippen LogP contribution in [0, 0.1) is 0 Å². The van der Waals surface area contributed by atoms with Crippen LogP contribution in [-0.2, 0) is 0 Å². The Labute approximate surface area is 204 Å². The standard InChI is InChI=1S/C32H18S2/c1-3-7-21-15-31-27(13-19(21)5-1)25-11-9-23(17-29(25)33-31)24-10-12-26-28-14-20-6-2-4-8-22(20)16-32(28)34-30(26)18-24/h1-18H. The number of fused-ring (bicyclic) bond motifs is 8. The predicted octanol–water partition coefficient (Wildman–Crippen LogP) is 10.4. The summed E-state index contributed by atoms with van der Waals surface area (Å²) in [4.78, 5) is 0. The molecule has 8 rings (SSSR count). The van der Waals surface area contributed by atoms with Crippen molar-refractivity contribution in [3.8, 4) is 11.1 Å². The van der Waals surface area contributed by atoms with E-state index in [1.807, 2.05) is 22.7 Å². The lowest BCUT2D eigenvalue weighted by Crippen LogP contribution is -1.77. The van der Waals surface area contributed by atoms with Gasteiger partial charge in [0.2, 0.25) is 0 Å². The molecule has 6 aromatic carbocycles. The summed E-state index contributed by atoms with van der Waals surface area (Å²) < 4.78 is 5.42. The van der Waals surface area contributed by atoms with Gasteiger partial charge in [0.05, 0.1) is 0 Å². The van der Waals surface area contributed by atoms with Crippen LogP contribution >= 0.6 is 22.7 Å². The third kappa shape index (κ3) is 2.70. The molecule has 2 heteroatoms. The summed E-state index contributed by atoms with van der Waals surface area (Å²) in [6, 6.07) is 40.6. The van der Waals surface area contributed by atoms with E-state index >= 15 is 0 Å². The first kappa shape index (κ1) is 18.7. The molecule has 0 radical (unpaired) electrons. The van der Waals surface area contributed by atoms with Crippen LogP contribution < -0.4 is 0 Å². The van der Waals surface area contributed by atoms with Crippen molar-refractivity contribution in [2.24, 2.45) is 0 Å². The topological polar surface area (TPSA) is 0 Å². The molecule has 0 spiro atoms. The maximum atomic E-state index is 2.37. The molecule has 0 unspecified atom stereocenters. The normalized spacial score (nSPS) is 12.1. The molecule has 34 heavy (non-hydrogen) atoms. The monoisotopic (exact) mass is 466 g/mol. The van der Waals surface area contributed by atoms with Gasteiger partial charge in [-0.2, -0.15) is 0 Å². The highest BCUT2D eigenvalue weighted by Gasteiger charge is 2.11. The van der Waals surface area contributed by atoms with Crippen LogP contribution in [0.1, 0.15) is 0 Å². The summed E-state index contributed by atoms with van der Waals surface area (Å²) >= 11 is 3.79. The Bertz CT molecular complexity index is 1920. The van der Waals surface area contributed by atoms with Crippen LogP contribution in [0.2, 0.25) is 0 Å². The van der Waals surface area contributed by atoms with Gasteiger partial charge in [-0.25, -0.2) is 0 Å². The van der Waals surface area contributed by atoms with Crippen LogP contribution in [0.4, 0.5) is 0 Å². The van der Waals surface area contributed by atoms with Gasteiger partial charge >= 0.3 is 0 Å². The average Bonchev–Trinajstić information content (AvgIpc) is 3.41. The second-order valence-corrected chi connectivity index (χ2v) is 11.2. The molecule has 0 atom stereocenters. The zero-order chi connectivity index (χ0) is 22.2. The molecular weight excluding hydrogens is 448 g/mol. The van der Waals surface area contributed by atoms with Crippen LogP contribution in [0.25, 0.3) is 73.0 Å². The predicted molar refractivity (Wildman–Crippen MR) is 153 cm³/mol. The van der Waals surface area contributed by atoms with Crippen molar-refractivity contribution in [2.75, 3.05) is 0 Å². The van der Waals surface area contributed by atoms with Crippen LogP contribution in [0.3, 0.4) is 0 Å². The van der Waals surface area contributed by atoms with Crippen molar-refractivity contribution >= 4 is 84.6 Å². The lowest BCUT2D eigenvalue weighted by molar-refractivity contribution is 1.73. The maximum absolute atomic E-state index is 2.37. The van der Waals surface area contributed by atoms with Gasteiger partial charge in [0.25, 0.3) is 0 Å². The molecule has 0 aliphatic carbocycles. The summed E-state index contributed by atoms with van der Waals surface area (Å²) in [5.41, 5.74) is 2.57. The van der Waals surface area contributed by atoms with E-state index in [1.54, 1.807) is 0 Å². The number of rotatable bonds is 1. The maximum Gasteiger partial charge on any atom is 0.0361 e. The molecule has 0 aliphatic rings. The SMILES string of the molecule is c1ccc2cc3c(cc2c1)sc1cc(-c2ccc4c(c2)sc2cc5ccccc5cc24)ccc13. The van der Waals surface area contributed by atoms with Gasteiger partial charge in [-0.15, -0.1) is 22.7 Å². The van der Waals surface area contributed by atoms with Crippen LogP contribution in [0.5, 0.6) is 0 Å². The highest BCUT2D eigenvalue weighted by Crippen LogP contribution is 2.41. The minimum Gasteiger partial charge on any atom is -0.135 e. The zero-order valence-corrected chi connectivity index (χ0v) is 19.8. The van der Waals surface area contributed by atoms with Gasteiger partial charge in [0, 0.05) is 40.3 Å². The molecular formula is C32H18S2. The molecule has 0 nitrogen and oxygen atoms in total. The van der Waals surface area contributed by atoms with E-state index in [4.69, 9.17) is 0 Å². The Morgan fingerprint density at radius 2 is 0.706 bits per heavy atom. The van der Waals surface area contributed by atoms with E-state index in [1.165, 1.54) is 73.0 Å². The van der Waals surface area contributed by atoms with Crippen molar-refractivity contribution in [3.63, 3.8) is 0 Å². The molecule has 2 heterocycles. The third-order valence-electron chi connectivity index (χ3n) is 7.01. The molecule has 0 saturated carbocycles. The quantitative estimate of drug-likeness (QED) is 0.226. The second kappa shape index (κ2) is 6.89. The van der Waals surface area contributed by atoms with E-state index < -0.39 is 0 Å². The van der Waals surface area contributed by atoms with Gasteiger partial charge in [-0.1, -0.05) is 72.8 Å². The van der Waals surface area contributed by atoms with E-state index in [-0.39, 0.29) is 0 Å². The minimum absolute atomic E-state index is 1.29. The summed E-state index contributed by atoms with van der Waals surface area (Å²) in [5, 5.41) is 10.7. The largest absolute Gasteiger partial charge is 0.135 e. The van der Waals surface area contributed by atoms with Crippen LogP contribution in [0.15, 0.2) is 109 Å². The van der Waals surface area contributed by atoms with Crippen molar-refractivity contribution in [1.82, 2.24) is 0 Å². The zero-order valence-electron chi connectivity index (χ0n) is 18.2. The van der Waals surface area contributed by atoms with Crippen molar-refractivity contribution < 1.29 is 0 Å². The fourth-order valence-corrected chi connectivity index (χ4v) is 7.63. The first-order valence-electron chi connectivity index (χ1n) is 11.5. The van der Waals surface area contributed by atoms with E-state index in [2.05, 4.69) is 109 Å². The molecule has 0 saturated heterocycles. The fraction of sp³-hybridized carbons (Fsp3) is 0. The molecule has 0 amide bonds. The Morgan fingerprint density at radius 3 is 1.15 bits per heavy atom. The van der Waals surface area contributed by atoms with Gasteiger partial charge in [0.1, 0.15) is 0 Å². The smallest absolute Gasteiger partial charge is 0.0361 e. The Morgan fingerprint density at radius 1 is 0.324 bits per heavy atom. The fourth-order valence-electron chi connectivity index (χ4n) is 5.28. The van der Waals surface area contributed by atoms with E-state index in [9.17, 15) is 0 Å². The van der Waals surface area contributed by atoms with Gasteiger partial charge in [0.15, 0.2) is 0 Å². The lowest BCUT2D eigenvalue weighted by atomic mass is 10.0.